The molecule has 1 atom stereocenters. The van der Waals surface area contributed by atoms with Gasteiger partial charge < -0.3 is 5.32 Å². The van der Waals surface area contributed by atoms with Gasteiger partial charge in [0, 0.05) is 30.4 Å². The van der Waals surface area contributed by atoms with E-state index in [9.17, 15) is 18.0 Å². The zero-order valence-corrected chi connectivity index (χ0v) is 19.4. The predicted octanol–water partition coefficient (Wildman–Crippen LogP) is 3.20. The van der Waals surface area contributed by atoms with Crippen molar-refractivity contribution in [1.29, 1.82) is 0 Å². The quantitative estimate of drug-likeness (QED) is 0.601. The lowest BCUT2D eigenvalue weighted by Gasteiger charge is -2.18. The van der Waals surface area contributed by atoms with Crippen LogP contribution in [0, 0.1) is 6.92 Å². The van der Waals surface area contributed by atoms with Crippen molar-refractivity contribution in [2.45, 2.75) is 37.6 Å². The van der Waals surface area contributed by atoms with Crippen LogP contribution in [0.25, 0.3) is 11.3 Å². The Morgan fingerprint density at radius 1 is 1.03 bits per heavy atom. The number of amides is 1. The summed E-state index contributed by atoms with van der Waals surface area (Å²) >= 11 is 0. The minimum absolute atomic E-state index is 0.233. The number of nitrogens with zero attached hydrogens (tertiary/aromatic N) is 3. The molecule has 1 N–H and O–H groups in total. The second-order valence-electron chi connectivity index (χ2n) is 8.12. The molecular formula is C24H26N4O4S. The number of rotatable bonds is 6. The number of carbonyl (C=O) groups excluding carboxylic acids is 1. The first-order valence-corrected chi connectivity index (χ1v) is 12.3. The minimum Gasteiger partial charge on any atom is -0.324 e. The van der Waals surface area contributed by atoms with Gasteiger partial charge in [0.15, 0.2) is 0 Å². The summed E-state index contributed by atoms with van der Waals surface area (Å²) in [5.74, 6) is -0.380. The Bertz CT molecular complexity index is 1330. The van der Waals surface area contributed by atoms with Crippen LogP contribution in [0.5, 0.6) is 0 Å². The molecule has 2 aromatic carbocycles. The Morgan fingerprint density at radius 2 is 1.73 bits per heavy atom. The van der Waals surface area contributed by atoms with E-state index in [1.807, 2.05) is 6.07 Å². The largest absolute Gasteiger partial charge is 0.324 e. The fraction of sp³-hybridized carbons (Fsp3) is 0.292. The molecule has 1 amide bonds. The minimum atomic E-state index is -3.61. The van der Waals surface area contributed by atoms with E-state index in [1.54, 1.807) is 56.3 Å². The van der Waals surface area contributed by atoms with Crippen molar-refractivity contribution in [1.82, 2.24) is 14.1 Å². The van der Waals surface area contributed by atoms with Gasteiger partial charge in [0.1, 0.15) is 6.04 Å². The number of sulfonamides is 1. The number of para-hydroxylation sites is 1. The van der Waals surface area contributed by atoms with Crippen molar-refractivity contribution in [3.63, 3.8) is 0 Å². The molecule has 33 heavy (non-hydrogen) atoms. The number of carbonyl (C=O) groups is 1. The van der Waals surface area contributed by atoms with Crippen LogP contribution in [0.2, 0.25) is 0 Å². The van der Waals surface area contributed by atoms with Gasteiger partial charge in [-0.05, 0) is 56.5 Å². The summed E-state index contributed by atoms with van der Waals surface area (Å²) in [5, 5.41) is 7.16. The van der Waals surface area contributed by atoms with Gasteiger partial charge in [-0.1, -0.05) is 30.3 Å². The third-order valence-corrected chi connectivity index (χ3v) is 7.82. The Balaban J connectivity index is 1.66. The molecule has 2 heterocycles. The Kier molecular flexibility index (Phi) is 6.44. The zero-order valence-electron chi connectivity index (χ0n) is 18.6. The smallest absolute Gasteiger partial charge is 0.267 e. The topological polar surface area (TPSA) is 101 Å². The highest BCUT2D eigenvalue weighted by Gasteiger charge is 2.29. The fourth-order valence-corrected chi connectivity index (χ4v) is 5.61. The van der Waals surface area contributed by atoms with Crippen molar-refractivity contribution < 1.29 is 13.2 Å². The molecule has 0 spiro atoms. The van der Waals surface area contributed by atoms with Gasteiger partial charge in [0.25, 0.3) is 5.56 Å². The van der Waals surface area contributed by atoms with Crippen LogP contribution in [0.3, 0.4) is 0 Å². The number of aromatic nitrogens is 2. The van der Waals surface area contributed by atoms with Crippen LogP contribution in [0.4, 0.5) is 5.69 Å². The average molecular weight is 467 g/mol. The second kappa shape index (κ2) is 9.29. The average Bonchev–Trinajstić information content (AvgIpc) is 3.36. The van der Waals surface area contributed by atoms with Gasteiger partial charge in [-0.2, -0.15) is 9.40 Å². The number of nitrogens with one attached hydrogen (secondary N) is 1. The van der Waals surface area contributed by atoms with E-state index < -0.39 is 21.6 Å². The Labute approximate surface area is 192 Å². The lowest BCUT2D eigenvalue weighted by molar-refractivity contribution is -0.119. The van der Waals surface area contributed by atoms with Crippen LogP contribution in [-0.2, 0) is 14.8 Å². The van der Waals surface area contributed by atoms with E-state index in [0.717, 1.165) is 17.5 Å². The van der Waals surface area contributed by atoms with Crippen LogP contribution in [0.15, 0.2) is 70.4 Å². The molecule has 0 saturated carbocycles. The van der Waals surface area contributed by atoms with E-state index in [-0.39, 0.29) is 10.8 Å². The number of hydrogen-bond acceptors (Lipinski definition) is 5. The molecule has 9 heteroatoms. The van der Waals surface area contributed by atoms with Gasteiger partial charge in [-0.15, -0.1) is 0 Å². The van der Waals surface area contributed by atoms with Gasteiger partial charge in [-0.25, -0.2) is 13.1 Å². The third-order valence-electron chi connectivity index (χ3n) is 5.78. The number of aryl methyl sites for hydroxylation is 1. The molecule has 0 radical (unpaired) electrons. The van der Waals surface area contributed by atoms with Gasteiger partial charge >= 0.3 is 0 Å². The van der Waals surface area contributed by atoms with E-state index in [1.165, 1.54) is 16.4 Å². The van der Waals surface area contributed by atoms with Crippen LogP contribution in [-0.4, -0.2) is 41.5 Å². The number of benzene rings is 2. The summed E-state index contributed by atoms with van der Waals surface area (Å²) in [6, 6.07) is 16.1. The third kappa shape index (κ3) is 4.74. The summed E-state index contributed by atoms with van der Waals surface area (Å²) < 4.78 is 28.9. The molecule has 1 saturated heterocycles. The van der Waals surface area contributed by atoms with Crippen LogP contribution < -0.4 is 10.9 Å². The molecule has 4 rings (SSSR count). The van der Waals surface area contributed by atoms with Crippen LogP contribution >= 0.6 is 0 Å². The predicted molar refractivity (Wildman–Crippen MR) is 126 cm³/mol. The zero-order chi connectivity index (χ0) is 23.6. The van der Waals surface area contributed by atoms with E-state index in [0.29, 0.717) is 35.6 Å². The highest BCUT2D eigenvalue weighted by Crippen LogP contribution is 2.28. The lowest BCUT2D eigenvalue weighted by Crippen LogP contribution is -2.33. The summed E-state index contributed by atoms with van der Waals surface area (Å²) in [4.78, 5) is 25.4. The van der Waals surface area contributed by atoms with Gasteiger partial charge in [0.2, 0.25) is 15.9 Å². The highest BCUT2D eigenvalue weighted by atomic mass is 32.2. The van der Waals surface area contributed by atoms with Crippen molar-refractivity contribution >= 4 is 21.6 Å². The monoisotopic (exact) mass is 466 g/mol. The molecular weight excluding hydrogens is 440 g/mol. The molecule has 1 aliphatic heterocycles. The first kappa shape index (κ1) is 22.9. The molecule has 172 valence electrons. The maximum atomic E-state index is 13.1. The SMILES string of the molecule is Cc1ccc(-c2ccc(=O)n([C@@H](C)C(=O)Nc3ccccc3)n2)cc1S(=O)(=O)N1CCCC1. The normalized spacial score (nSPS) is 15.3. The van der Waals surface area contributed by atoms with E-state index >= 15 is 0 Å². The molecule has 3 aromatic rings. The summed E-state index contributed by atoms with van der Waals surface area (Å²) in [6.45, 7) is 4.39. The first-order valence-electron chi connectivity index (χ1n) is 10.8. The van der Waals surface area contributed by atoms with Crippen molar-refractivity contribution in [3.05, 3.63) is 76.6 Å². The van der Waals surface area contributed by atoms with E-state index in [2.05, 4.69) is 10.4 Å². The maximum absolute atomic E-state index is 13.1. The van der Waals surface area contributed by atoms with Crippen molar-refractivity contribution in [2.75, 3.05) is 18.4 Å². The van der Waals surface area contributed by atoms with Crippen LogP contribution in [0.1, 0.15) is 31.4 Å². The number of hydrogen-bond donors (Lipinski definition) is 1. The van der Waals surface area contributed by atoms with Gasteiger partial charge in [0.05, 0.1) is 10.6 Å². The molecule has 0 unspecified atom stereocenters. The molecule has 1 aromatic heterocycles. The van der Waals surface area contributed by atoms with E-state index in [4.69, 9.17) is 0 Å². The lowest BCUT2D eigenvalue weighted by atomic mass is 10.1. The molecule has 8 nitrogen and oxygen atoms in total. The van der Waals surface area contributed by atoms with Crippen molar-refractivity contribution in [3.8, 4) is 11.3 Å². The van der Waals surface area contributed by atoms with Crippen molar-refractivity contribution in [2.24, 2.45) is 0 Å². The molecule has 0 bridgehead atoms. The summed E-state index contributed by atoms with van der Waals surface area (Å²) in [6.07, 6.45) is 1.71. The highest BCUT2D eigenvalue weighted by molar-refractivity contribution is 7.89. The fourth-order valence-electron chi connectivity index (χ4n) is 3.84. The Morgan fingerprint density at radius 3 is 2.42 bits per heavy atom. The second-order valence-corrected chi connectivity index (χ2v) is 10.0. The first-order chi connectivity index (χ1) is 15.8. The summed E-state index contributed by atoms with van der Waals surface area (Å²) in [5.41, 5.74) is 1.81. The standard InChI is InChI=1S/C24H26N4O4S/c1-17-10-11-19(16-22(17)33(31,32)27-14-6-7-15-27)21-12-13-23(29)28(26-21)18(2)24(30)25-20-8-4-3-5-9-20/h3-5,8-13,16,18H,6-7,14-15H2,1-2H3,(H,25,30)/t18-/m0/s1. The Hall–Kier alpha value is -3.30. The maximum Gasteiger partial charge on any atom is 0.267 e. The molecule has 1 fully saturated rings. The summed E-state index contributed by atoms with van der Waals surface area (Å²) in [7, 11) is -3.61. The van der Waals surface area contributed by atoms with Gasteiger partial charge in [-0.3, -0.25) is 9.59 Å². The molecule has 0 aliphatic carbocycles. The number of anilines is 1. The molecule has 1 aliphatic rings.